The molecule has 2 amide bonds. The van der Waals surface area contributed by atoms with Crippen LogP contribution in [0.15, 0.2) is 60.8 Å². The highest BCUT2D eigenvalue weighted by Crippen LogP contribution is 2.23. The van der Waals surface area contributed by atoms with E-state index in [9.17, 15) is 14.4 Å². The third-order valence-electron chi connectivity index (χ3n) is 5.90. The molecule has 0 bridgehead atoms. The predicted octanol–water partition coefficient (Wildman–Crippen LogP) is 3.71. The Balaban J connectivity index is 1.55. The molecule has 3 aromatic rings. The molecule has 1 atom stereocenters. The van der Waals surface area contributed by atoms with Gasteiger partial charge in [0.15, 0.2) is 0 Å². The van der Waals surface area contributed by atoms with Gasteiger partial charge in [0.2, 0.25) is 5.91 Å². The van der Waals surface area contributed by atoms with Crippen molar-refractivity contribution in [1.82, 2.24) is 14.8 Å². The number of para-hydroxylation sites is 1. The van der Waals surface area contributed by atoms with Crippen molar-refractivity contribution in [2.45, 2.75) is 38.8 Å². The Bertz CT molecular complexity index is 1100. The van der Waals surface area contributed by atoms with E-state index >= 15 is 0 Å². The minimum Gasteiger partial charge on any atom is -0.343 e. The first kappa shape index (κ1) is 20.8. The number of hydrogen-bond acceptors (Lipinski definition) is 3. The van der Waals surface area contributed by atoms with Crippen molar-refractivity contribution in [1.29, 1.82) is 0 Å². The molecule has 2 heterocycles. The predicted molar refractivity (Wildman–Crippen MR) is 120 cm³/mol. The first-order chi connectivity index (χ1) is 15.0. The van der Waals surface area contributed by atoms with Crippen molar-refractivity contribution < 1.29 is 14.4 Å². The number of fused-ring (bicyclic) bond motifs is 1. The lowest BCUT2D eigenvalue weighted by molar-refractivity contribution is -0.132. The summed E-state index contributed by atoms with van der Waals surface area (Å²) in [7, 11) is 0. The van der Waals surface area contributed by atoms with Gasteiger partial charge < -0.3 is 14.8 Å². The molecule has 0 aliphatic carbocycles. The van der Waals surface area contributed by atoms with Crippen LogP contribution in [-0.2, 0) is 16.1 Å². The van der Waals surface area contributed by atoms with Crippen LogP contribution in [0.25, 0.3) is 10.9 Å². The van der Waals surface area contributed by atoms with Gasteiger partial charge in [-0.05, 0) is 37.8 Å². The SMILES string of the molecule is C[C@H](NC(=O)C(=O)c1cn(CC(=O)N2CCCCC2)c2ccccc12)c1ccccc1. The minimum atomic E-state index is -0.651. The average Bonchev–Trinajstić information content (AvgIpc) is 3.18. The maximum absolute atomic E-state index is 13.0. The van der Waals surface area contributed by atoms with Crippen LogP contribution in [0.1, 0.15) is 48.1 Å². The van der Waals surface area contributed by atoms with Crippen molar-refractivity contribution in [2.75, 3.05) is 13.1 Å². The molecule has 31 heavy (non-hydrogen) atoms. The Labute approximate surface area is 181 Å². The smallest absolute Gasteiger partial charge is 0.292 e. The van der Waals surface area contributed by atoms with Gasteiger partial charge in [0, 0.05) is 30.2 Å². The fraction of sp³-hybridized carbons (Fsp3) is 0.320. The Morgan fingerprint density at radius 1 is 0.935 bits per heavy atom. The zero-order valence-corrected chi connectivity index (χ0v) is 17.7. The number of likely N-dealkylation sites (tertiary alicyclic amines) is 1. The highest BCUT2D eigenvalue weighted by Gasteiger charge is 2.24. The molecule has 6 heteroatoms. The number of nitrogens with zero attached hydrogens (tertiary/aromatic N) is 2. The van der Waals surface area contributed by atoms with Gasteiger partial charge in [0.05, 0.1) is 11.6 Å². The molecule has 1 fully saturated rings. The van der Waals surface area contributed by atoms with E-state index < -0.39 is 11.7 Å². The second-order valence-corrected chi connectivity index (χ2v) is 8.06. The van der Waals surface area contributed by atoms with Crippen LogP contribution in [0.3, 0.4) is 0 Å². The van der Waals surface area contributed by atoms with Gasteiger partial charge in [0.25, 0.3) is 11.7 Å². The Morgan fingerprint density at radius 3 is 2.35 bits per heavy atom. The van der Waals surface area contributed by atoms with Crippen molar-refractivity contribution >= 4 is 28.5 Å². The molecule has 0 unspecified atom stereocenters. The first-order valence-corrected chi connectivity index (χ1v) is 10.8. The zero-order valence-electron chi connectivity index (χ0n) is 17.7. The molecule has 0 spiro atoms. The lowest BCUT2D eigenvalue weighted by Crippen LogP contribution is -2.37. The van der Waals surface area contributed by atoms with Gasteiger partial charge in [-0.15, -0.1) is 0 Å². The summed E-state index contributed by atoms with van der Waals surface area (Å²) in [4.78, 5) is 40.4. The molecule has 1 N–H and O–H groups in total. The lowest BCUT2D eigenvalue weighted by atomic mass is 10.1. The molecule has 6 nitrogen and oxygen atoms in total. The van der Waals surface area contributed by atoms with Crippen LogP contribution >= 0.6 is 0 Å². The van der Waals surface area contributed by atoms with Gasteiger partial charge in [0.1, 0.15) is 6.54 Å². The van der Waals surface area contributed by atoms with E-state index in [1.807, 2.05) is 66.4 Å². The molecule has 160 valence electrons. The number of carbonyl (C=O) groups excluding carboxylic acids is 3. The summed E-state index contributed by atoms with van der Waals surface area (Å²) in [6.07, 6.45) is 4.86. The van der Waals surface area contributed by atoms with Crippen LogP contribution < -0.4 is 5.32 Å². The molecule has 4 rings (SSSR count). The molecule has 1 aromatic heterocycles. The Morgan fingerprint density at radius 2 is 1.61 bits per heavy atom. The number of carbonyl (C=O) groups is 3. The Hall–Kier alpha value is -3.41. The second kappa shape index (κ2) is 9.16. The van der Waals surface area contributed by atoms with Crippen molar-refractivity contribution in [3.63, 3.8) is 0 Å². The fourth-order valence-corrected chi connectivity index (χ4v) is 4.16. The van der Waals surface area contributed by atoms with E-state index in [0.29, 0.717) is 10.9 Å². The molecule has 2 aromatic carbocycles. The molecule has 1 aliphatic rings. The van der Waals surface area contributed by atoms with Crippen molar-refractivity contribution in [2.24, 2.45) is 0 Å². The topological polar surface area (TPSA) is 71.4 Å². The van der Waals surface area contributed by atoms with Gasteiger partial charge >= 0.3 is 0 Å². The van der Waals surface area contributed by atoms with Gasteiger partial charge in [-0.25, -0.2) is 0 Å². The fourth-order valence-electron chi connectivity index (χ4n) is 4.16. The standard InChI is InChI=1S/C25H27N3O3/c1-18(19-10-4-2-5-11-19)26-25(31)24(30)21-16-28(22-13-7-6-12-20(21)22)17-23(29)27-14-8-3-9-15-27/h2,4-7,10-13,16,18H,3,8-9,14-15,17H2,1H3,(H,26,31)/t18-/m0/s1. The average molecular weight is 418 g/mol. The van der Waals surface area contributed by atoms with Gasteiger partial charge in [-0.3, -0.25) is 14.4 Å². The monoisotopic (exact) mass is 417 g/mol. The number of nitrogens with one attached hydrogen (secondary N) is 1. The summed E-state index contributed by atoms with van der Waals surface area (Å²) >= 11 is 0. The lowest BCUT2D eigenvalue weighted by Gasteiger charge is -2.27. The number of Topliss-reactive ketones (excluding diaryl/α,β-unsaturated/α-hetero) is 1. The third kappa shape index (κ3) is 4.53. The number of amides is 2. The second-order valence-electron chi connectivity index (χ2n) is 8.06. The number of hydrogen-bond donors (Lipinski definition) is 1. The zero-order chi connectivity index (χ0) is 21.8. The largest absolute Gasteiger partial charge is 0.343 e. The van der Waals surface area contributed by atoms with Crippen LogP contribution in [0.5, 0.6) is 0 Å². The molecular weight excluding hydrogens is 390 g/mol. The van der Waals surface area contributed by atoms with E-state index in [4.69, 9.17) is 0 Å². The maximum Gasteiger partial charge on any atom is 0.292 e. The number of ketones is 1. The highest BCUT2D eigenvalue weighted by molar-refractivity contribution is 6.45. The molecule has 0 radical (unpaired) electrons. The van der Waals surface area contributed by atoms with Gasteiger partial charge in [-0.2, -0.15) is 0 Å². The number of aromatic nitrogens is 1. The molecule has 1 aliphatic heterocycles. The van der Waals surface area contributed by atoms with E-state index in [1.54, 1.807) is 10.8 Å². The number of piperidine rings is 1. The summed E-state index contributed by atoms with van der Waals surface area (Å²) < 4.78 is 1.79. The first-order valence-electron chi connectivity index (χ1n) is 10.8. The maximum atomic E-state index is 13.0. The summed E-state index contributed by atoms with van der Waals surface area (Å²) in [5.41, 5.74) is 2.03. The van der Waals surface area contributed by atoms with Crippen LogP contribution in [0.2, 0.25) is 0 Å². The Kier molecular flexibility index (Phi) is 6.16. The summed E-state index contributed by atoms with van der Waals surface area (Å²) in [5, 5.41) is 3.47. The van der Waals surface area contributed by atoms with Crippen LogP contribution in [0, 0.1) is 0 Å². The highest BCUT2D eigenvalue weighted by atomic mass is 16.2. The molecular formula is C25H27N3O3. The molecule has 1 saturated heterocycles. The van der Waals surface area contributed by atoms with E-state index in [0.717, 1.165) is 43.4 Å². The van der Waals surface area contributed by atoms with Gasteiger partial charge in [-0.1, -0.05) is 48.5 Å². The van der Waals surface area contributed by atoms with E-state index in [1.165, 1.54) is 0 Å². The summed E-state index contributed by atoms with van der Waals surface area (Å²) in [5.74, 6) is -1.20. The normalized spacial score (nSPS) is 14.9. The quantitative estimate of drug-likeness (QED) is 0.491. The van der Waals surface area contributed by atoms with Crippen molar-refractivity contribution in [3.05, 3.63) is 71.9 Å². The number of rotatable bonds is 6. The van der Waals surface area contributed by atoms with E-state index in [2.05, 4.69) is 5.32 Å². The van der Waals surface area contributed by atoms with Crippen LogP contribution in [0.4, 0.5) is 0 Å². The summed E-state index contributed by atoms with van der Waals surface area (Å²) in [6.45, 7) is 3.57. The van der Waals surface area contributed by atoms with Crippen molar-refractivity contribution in [3.8, 4) is 0 Å². The molecule has 0 saturated carbocycles. The number of benzene rings is 2. The minimum absolute atomic E-state index is 0.0432. The third-order valence-corrected chi connectivity index (χ3v) is 5.90. The summed E-state index contributed by atoms with van der Waals surface area (Å²) in [6, 6.07) is 16.6. The van der Waals surface area contributed by atoms with E-state index in [-0.39, 0.29) is 18.5 Å². The van der Waals surface area contributed by atoms with Crippen LogP contribution in [-0.4, -0.2) is 40.2 Å².